The molecule has 0 bridgehead atoms. The molecule has 1 aromatic carbocycles. The first-order valence-corrected chi connectivity index (χ1v) is 6.25. The highest BCUT2D eigenvalue weighted by Crippen LogP contribution is 2.26. The molecule has 0 unspecified atom stereocenters. The van der Waals surface area contributed by atoms with Gasteiger partial charge < -0.3 is 15.3 Å². The molecule has 2 rings (SSSR count). The van der Waals surface area contributed by atoms with E-state index in [1.54, 1.807) is 12.1 Å². The number of carbonyl (C=O) groups is 1. The van der Waals surface area contributed by atoms with Crippen LogP contribution in [0.15, 0.2) is 21.4 Å². The molecule has 0 fully saturated rings. The molecule has 0 aliphatic rings. The van der Waals surface area contributed by atoms with Crippen molar-refractivity contribution in [2.45, 2.75) is 0 Å². The molecule has 1 amide bonds. The molecule has 2 aromatic rings. The fourth-order valence-corrected chi connectivity index (χ4v) is 2.04. The lowest BCUT2D eigenvalue weighted by Crippen LogP contribution is -2.28. The number of terminal acetylenes is 1. The Morgan fingerprint density at radius 2 is 2.05 bits per heavy atom. The highest BCUT2D eigenvalue weighted by atomic mass is 79.9. The number of fused-ring (bicyclic) bond motifs is 1. The molecule has 98 valence electrons. The summed E-state index contributed by atoms with van der Waals surface area (Å²) < 4.78 is 0.681. The largest absolute Gasteiger partial charge is 0.324 e. The minimum absolute atomic E-state index is 0.123. The maximum Gasteiger partial charge on any atom is 0.323 e. The number of carbonyl (C=O) groups excluding carboxylic acids is 1. The molecule has 0 radical (unpaired) electrons. The van der Waals surface area contributed by atoms with Gasteiger partial charge in [-0.2, -0.15) is 0 Å². The molecule has 4 N–H and O–H groups in total. The standard InChI is InChI=1S/C12H11BrN4O2/c1-2-3-14-6-11(18)15-8-5-10-9(4-7(8)13)16-12(19)17-10/h1,4-5,14H,3,6H2,(H,15,18)(H2,16,17,19). The average Bonchev–Trinajstić information content (AvgIpc) is 2.69. The second-order valence-electron chi connectivity index (χ2n) is 3.81. The number of imidazole rings is 1. The number of benzene rings is 1. The van der Waals surface area contributed by atoms with Crippen LogP contribution >= 0.6 is 15.9 Å². The smallest absolute Gasteiger partial charge is 0.323 e. The van der Waals surface area contributed by atoms with E-state index >= 15 is 0 Å². The molecular weight excluding hydrogens is 312 g/mol. The van der Waals surface area contributed by atoms with Crippen LogP contribution in [0.4, 0.5) is 5.69 Å². The molecule has 1 aromatic heterocycles. The quantitative estimate of drug-likeness (QED) is 0.495. The zero-order valence-corrected chi connectivity index (χ0v) is 11.4. The number of aromatic amines is 2. The normalized spacial score (nSPS) is 10.3. The SMILES string of the molecule is C#CCNCC(=O)Nc1cc2[nH]c(=O)[nH]c2cc1Br. The van der Waals surface area contributed by atoms with Crippen molar-refractivity contribution in [1.82, 2.24) is 15.3 Å². The van der Waals surface area contributed by atoms with E-state index in [9.17, 15) is 9.59 Å². The maximum atomic E-state index is 11.6. The molecule has 0 saturated heterocycles. The highest BCUT2D eigenvalue weighted by Gasteiger charge is 2.08. The van der Waals surface area contributed by atoms with Crippen LogP contribution in [0.2, 0.25) is 0 Å². The molecule has 0 spiro atoms. The van der Waals surface area contributed by atoms with Gasteiger partial charge >= 0.3 is 5.69 Å². The highest BCUT2D eigenvalue weighted by molar-refractivity contribution is 9.10. The van der Waals surface area contributed by atoms with E-state index in [4.69, 9.17) is 6.42 Å². The van der Waals surface area contributed by atoms with Gasteiger partial charge in [-0.1, -0.05) is 5.92 Å². The zero-order chi connectivity index (χ0) is 13.8. The van der Waals surface area contributed by atoms with E-state index in [1.807, 2.05) is 0 Å². The number of aromatic nitrogens is 2. The molecule has 0 atom stereocenters. The Morgan fingerprint density at radius 3 is 2.74 bits per heavy atom. The topological polar surface area (TPSA) is 89.8 Å². The van der Waals surface area contributed by atoms with Gasteiger partial charge in [0.05, 0.1) is 29.8 Å². The Labute approximate surface area is 117 Å². The number of hydrogen-bond acceptors (Lipinski definition) is 3. The number of amides is 1. The summed E-state index contributed by atoms with van der Waals surface area (Å²) in [4.78, 5) is 28.1. The van der Waals surface area contributed by atoms with Crippen LogP contribution in [-0.2, 0) is 4.79 Å². The van der Waals surface area contributed by atoms with Gasteiger partial charge in [0, 0.05) is 4.47 Å². The van der Waals surface area contributed by atoms with Crippen LogP contribution < -0.4 is 16.3 Å². The van der Waals surface area contributed by atoms with Crippen molar-refractivity contribution < 1.29 is 4.79 Å². The summed E-state index contributed by atoms with van der Waals surface area (Å²) in [6.07, 6.45) is 5.07. The fraction of sp³-hybridized carbons (Fsp3) is 0.167. The van der Waals surface area contributed by atoms with Crippen molar-refractivity contribution >= 4 is 38.6 Å². The van der Waals surface area contributed by atoms with Crippen molar-refractivity contribution in [1.29, 1.82) is 0 Å². The third-order valence-electron chi connectivity index (χ3n) is 2.39. The summed E-state index contributed by atoms with van der Waals surface area (Å²) in [5.41, 5.74) is 1.58. The number of H-pyrrole nitrogens is 2. The number of nitrogens with one attached hydrogen (secondary N) is 4. The van der Waals surface area contributed by atoms with E-state index in [2.05, 4.69) is 42.5 Å². The van der Waals surface area contributed by atoms with Gasteiger partial charge in [0.15, 0.2) is 0 Å². The predicted molar refractivity (Wildman–Crippen MR) is 77.0 cm³/mol. The molecule has 0 saturated carbocycles. The summed E-state index contributed by atoms with van der Waals surface area (Å²) in [7, 11) is 0. The third kappa shape index (κ3) is 3.24. The molecular formula is C12H11BrN4O2. The molecule has 0 aliphatic carbocycles. The molecule has 6 nitrogen and oxygen atoms in total. The van der Waals surface area contributed by atoms with Gasteiger partial charge in [-0.15, -0.1) is 6.42 Å². The summed E-state index contributed by atoms with van der Waals surface area (Å²) >= 11 is 3.33. The van der Waals surface area contributed by atoms with Gasteiger partial charge in [0.25, 0.3) is 0 Å². The monoisotopic (exact) mass is 322 g/mol. The first-order chi connectivity index (χ1) is 9.10. The molecule has 7 heteroatoms. The molecule has 1 heterocycles. The van der Waals surface area contributed by atoms with Gasteiger partial charge in [-0.25, -0.2) is 4.79 Å². The molecule has 0 aliphatic heterocycles. The van der Waals surface area contributed by atoms with Crippen molar-refractivity contribution in [2.75, 3.05) is 18.4 Å². The Kier molecular flexibility index (Phi) is 4.04. The second kappa shape index (κ2) is 5.73. The third-order valence-corrected chi connectivity index (χ3v) is 3.05. The van der Waals surface area contributed by atoms with Crippen molar-refractivity contribution in [2.24, 2.45) is 0 Å². The number of hydrogen-bond donors (Lipinski definition) is 4. The predicted octanol–water partition coefficient (Wildman–Crippen LogP) is 0.780. The number of rotatable bonds is 4. The first-order valence-electron chi connectivity index (χ1n) is 5.45. The van der Waals surface area contributed by atoms with Gasteiger partial charge in [-0.05, 0) is 28.1 Å². The minimum Gasteiger partial charge on any atom is -0.324 e. The Morgan fingerprint density at radius 1 is 1.37 bits per heavy atom. The summed E-state index contributed by atoms with van der Waals surface area (Å²) in [5.74, 6) is 2.17. The fourth-order valence-electron chi connectivity index (χ4n) is 1.59. The van der Waals surface area contributed by atoms with Gasteiger partial charge in [0.2, 0.25) is 5.91 Å². The van der Waals surface area contributed by atoms with Crippen molar-refractivity contribution in [3.63, 3.8) is 0 Å². The van der Waals surface area contributed by atoms with E-state index in [0.29, 0.717) is 27.7 Å². The lowest BCUT2D eigenvalue weighted by atomic mass is 10.2. The number of halogens is 1. The van der Waals surface area contributed by atoms with Crippen LogP contribution in [0.5, 0.6) is 0 Å². The number of anilines is 1. The lowest BCUT2D eigenvalue weighted by molar-refractivity contribution is -0.115. The van der Waals surface area contributed by atoms with Crippen molar-refractivity contribution in [3.8, 4) is 12.3 Å². The zero-order valence-electron chi connectivity index (χ0n) is 9.84. The maximum absolute atomic E-state index is 11.6. The summed E-state index contributed by atoms with van der Waals surface area (Å²) in [5, 5.41) is 5.51. The minimum atomic E-state index is -0.291. The molecule has 19 heavy (non-hydrogen) atoms. The first kappa shape index (κ1) is 13.4. The van der Waals surface area contributed by atoms with E-state index in [1.165, 1.54) is 0 Å². The van der Waals surface area contributed by atoms with Crippen LogP contribution in [0.1, 0.15) is 0 Å². The van der Waals surface area contributed by atoms with E-state index < -0.39 is 0 Å². The van der Waals surface area contributed by atoms with E-state index in [0.717, 1.165) is 0 Å². The lowest BCUT2D eigenvalue weighted by Gasteiger charge is -2.07. The Bertz CT molecular complexity index is 711. The van der Waals surface area contributed by atoms with Crippen LogP contribution in [0.3, 0.4) is 0 Å². The van der Waals surface area contributed by atoms with Gasteiger partial charge in [0.1, 0.15) is 0 Å². The van der Waals surface area contributed by atoms with Crippen LogP contribution in [-0.4, -0.2) is 29.0 Å². The second-order valence-corrected chi connectivity index (χ2v) is 4.67. The van der Waals surface area contributed by atoms with Crippen molar-refractivity contribution in [3.05, 3.63) is 27.1 Å². The van der Waals surface area contributed by atoms with Crippen LogP contribution in [0, 0.1) is 12.3 Å². The van der Waals surface area contributed by atoms with Gasteiger partial charge in [-0.3, -0.25) is 10.1 Å². The van der Waals surface area contributed by atoms with Crippen LogP contribution in [0.25, 0.3) is 11.0 Å². The summed E-state index contributed by atoms with van der Waals surface area (Å²) in [6.45, 7) is 0.455. The Hall–Kier alpha value is -2.04. The Balaban J connectivity index is 2.16. The summed E-state index contributed by atoms with van der Waals surface area (Å²) in [6, 6.07) is 3.40. The van der Waals surface area contributed by atoms with E-state index in [-0.39, 0.29) is 18.1 Å². The average molecular weight is 323 g/mol.